The monoisotopic (exact) mass is 228 g/mol. The number of carbonyl (C=O) groups is 1. The number of hydrogen-bond donors (Lipinski definition) is 2. The van der Waals surface area contributed by atoms with Crippen LogP contribution in [-0.2, 0) is 4.84 Å². The lowest BCUT2D eigenvalue weighted by molar-refractivity contribution is 0.185. The predicted octanol–water partition coefficient (Wildman–Crippen LogP) is 3.26. The van der Waals surface area contributed by atoms with Gasteiger partial charge in [0.05, 0.1) is 5.69 Å². The van der Waals surface area contributed by atoms with E-state index in [2.05, 4.69) is 10.8 Å². The third kappa shape index (κ3) is 3.53. The van der Waals surface area contributed by atoms with Crippen LogP contribution in [-0.4, -0.2) is 6.09 Å². The Morgan fingerprint density at radius 3 is 1.94 bits per heavy atom. The molecule has 0 atom stereocenters. The molecule has 2 N–H and O–H groups in total. The maximum atomic E-state index is 11.4. The van der Waals surface area contributed by atoms with Gasteiger partial charge in [-0.1, -0.05) is 36.4 Å². The zero-order valence-electron chi connectivity index (χ0n) is 9.09. The van der Waals surface area contributed by atoms with Crippen molar-refractivity contribution in [3.05, 3.63) is 60.7 Å². The number of amides is 1. The summed E-state index contributed by atoms with van der Waals surface area (Å²) >= 11 is 0. The highest BCUT2D eigenvalue weighted by Gasteiger charge is 2.02. The number of benzene rings is 2. The summed E-state index contributed by atoms with van der Waals surface area (Å²) in [5.74, 6) is 0. The Hall–Kier alpha value is -2.49. The van der Waals surface area contributed by atoms with Gasteiger partial charge < -0.3 is 4.84 Å². The van der Waals surface area contributed by atoms with E-state index in [9.17, 15) is 4.79 Å². The lowest BCUT2D eigenvalue weighted by atomic mass is 10.3. The third-order valence-corrected chi connectivity index (χ3v) is 2.06. The second-order valence-corrected chi connectivity index (χ2v) is 3.35. The predicted molar refractivity (Wildman–Crippen MR) is 66.6 cm³/mol. The SMILES string of the molecule is O=C(Nc1ccccc1)ONc1ccccc1. The van der Waals surface area contributed by atoms with Gasteiger partial charge in [0.15, 0.2) is 0 Å². The molecule has 0 saturated heterocycles. The molecule has 0 aliphatic rings. The smallest absolute Gasteiger partial charge is 0.324 e. The molecule has 0 aliphatic carbocycles. The minimum Gasteiger partial charge on any atom is -0.324 e. The van der Waals surface area contributed by atoms with Crippen molar-refractivity contribution in [1.29, 1.82) is 0 Å². The van der Waals surface area contributed by atoms with Gasteiger partial charge in [0, 0.05) is 5.69 Å². The Balaban J connectivity index is 1.83. The van der Waals surface area contributed by atoms with Crippen LogP contribution in [0.5, 0.6) is 0 Å². The highest BCUT2D eigenvalue weighted by molar-refractivity contribution is 5.84. The molecule has 0 unspecified atom stereocenters. The summed E-state index contributed by atoms with van der Waals surface area (Å²) in [5, 5.41) is 2.59. The van der Waals surface area contributed by atoms with Crippen molar-refractivity contribution in [1.82, 2.24) is 0 Å². The lowest BCUT2D eigenvalue weighted by Crippen LogP contribution is -2.17. The van der Waals surface area contributed by atoms with Gasteiger partial charge in [0.1, 0.15) is 0 Å². The molecular weight excluding hydrogens is 216 g/mol. The molecule has 4 heteroatoms. The Bertz CT molecular complexity index is 471. The van der Waals surface area contributed by atoms with Crippen molar-refractivity contribution >= 4 is 17.5 Å². The van der Waals surface area contributed by atoms with Gasteiger partial charge in [0.25, 0.3) is 0 Å². The first-order chi connectivity index (χ1) is 8.34. The Morgan fingerprint density at radius 2 is 1.35 bits per heavy atom. The Morgan fingerprint density at radius 1 is 0.824 bits per heavy atom. The number of carbonyl (C=O) groups excluding carboxylic acids is 1. The Labute approximate surface area is 99.2 Å². The van der Waals surface area contributed by atoms with Crippen molar-refractivity contribution in [3.8, 4) is 0 Å². The van der Waals surface area contributed by atoms with E-state index >= 15 is 0 Å². The van der Waals surface area contributed by atoms with Crippen LogP contribution in [0.15, 0.2) is 60.7 Å². The zero-order valence-corrected chi connectivity index (χ0v) is 9.09. The standard InChI is InChI=1S/C13H12N2O2/c16-13(14-11-7-3-1-4-8-11)17-15-12-9-5-2-6-10-12/h1-10,15H,(H,14,16). The van der Waals surface area contributed by atoms with E-state index in [-0.39, 0.29) is 0 Å². The summed E-state index contributed by atoms with van der Waals surface area (Å²) in [6.45, 7) is 0. The van der Waals surface area contributed by atoms with Crippen LogP contribution < -0.4 is 10.8 Å². The van der Waals surface area contributed by atoms with Crippen LogP contribution >= 0.6 is 0 Å². The fourth-order valence-electron chi connectivity index (χ4n) is 1.28. The summed E-state index contributed by atoms with van der Waals surface area (Å²) in [6, 6.07) is 18.3. The van der Waals surface area contributed by atoms with E-state index in [1.54, 1.807) is 24.3 Å². The van der Waals surface area contributed by atoms with E-state index in [1.807, 2.05) is 36.4 Å². The molecule has 86 valence electrons. The van der Waals surface area contributed by atoms with Gasteiger partial charge in [0.2, 0.25) is 0 Å². The largest absolute Gasteiger partial charge is 0.435 e. The fraction of sp³-hybridized carbons (Fsp3) is 0. The molecule has 1 amide bonds. The molecule has 2 aromatic carbocycles. The van der Waals surface area contributed by atoms with Gasteiger partial charge in [-0.25, -0.2) is 10.3 Å². The molecule has 0 aliphatic heterocycles. The Kier molecular flexibility index (Phi) is 3.60. The van der Waals surface area contributed by atoms with Crippen LogP contribution in [0.2, 0.25) is 0 Å². The van der Waals surface area contributed by atoms with E-state index in [0.717, 1.165) is 5.69 Å². The lowest BCUT2D eigenvalue weighted by Gasteiger charge is -2.07. The number of rotatable bonds is 3. The highest BCUT2D eigenvalue weighted by Crippen LogP contribution is 2.07. The summed E-state index contributed by atoms with van der Waals surface area (Å²) in [6.07, 6.45) is -0.556. The first kappa shape index (κ1) is 11.0. The number of hydrogen-bond acceptors (Lipinski definition) is 3. The molecule has 2 rings (SSSR count). The van der Waals surface area contributed by atoms with Crippen LogP contribution in [0, 0.1) is 0 Å². The second-order valence-electron chi connectivity index (χ2n) is 3.35. The molecule has 0 bridgehead atoms. The average molecular weight is 228 g/mol. The molecule has 0 fully saturated rings. The van der Waals surface area contributed by atoms with Gasteiger partial charge in [-0.15, -0.1) is 0 Å². The normalized spacial score (nSPS) is 9.41. The fourth-order valence-corrected chi connectivity index (χ4v) is 1.28. The summed E-state index contributed by atoms with van der Waals surface area (Å²) in [4.78, 5) is 16.2. The molecule has 17 heavy (non-hydrogen) atoms. The van der Waals surface area contributed by atoms with Crippen molar-refractivity contribution in [2.45, 2.75) is 0 Å². The maximum absolute atomic E-state index is 11.4. The van der Waals surface area contributed by atoms with Crippen molar-refractivity contribution in [2.75, 3.05) is 10.8 Å². The minimum atomic E-state index is -0.556. The number of para-hydroxylation sites is 2. The van der Waals surface area contributed by atoms with Crippen molar-refractivity contribution in [3.63, 3.8) is 0 Å². The van der Waals surface area contributed by atoms with Crippen LogP contribution in [0.1, 0.15) is 0 Å². The molecule has 0 radical (unpaired) electrons. The summed E-state index contributed by atoms with van der Waals surface area (Å²) in [5.41, 5.74) is 3.96. The summed E-state index contributed by atoms with van der Waals surface area (Å²) < 4.78 is 0. The van der Waals surface area contributed by atoms with Gasteiger partial charge in [-0.05, 0) is 24.3 Å². The van der Waals surface area contributed by atoms with Gasteiger partial charge in [-0.3, -0.25) is 5.32 Å². The van der Waals surface area contributed by atoms with Gasteiger partial charge in [-0.2, -0.15) is 0 Å². The summed E-state index contributed by atoms with van der Waals surface area (Å²) in [7, 11) is 0. The quantitative estimate of drug-likeness (QED) is 0.793. The third-order valence-electron chi connectivity index (χ3n) is 2.06. The number of nitrogens with one attached hydrogen (secondary N) is 2. The first-order valence-electron chi connectivity index (χ1n) is 5.18. The molecule has 0 saturated carbocycles. The first-order valence-corrected chi connectivity index (χ1v) is 5.18. The minimum absolute atomic E-state index is 0.556. The second kappa shape index (κ2) is 5.55. The molecule has 4 nitrogen and oxygen atoms in total. The zero-order chi connectivity index (χ0) is 11.9. The van der Waals surface area contributed by atoms with Crippen molar-refractivity contribution < 1.29 is 9.63 Å². The number of anilines is 2. The topological polar surface area (TPSA) is 50.4 Å². The molecule has 0 aromatic heterocycles. The van der Waals surface area contributed by atoms with Crippen molar-refractivity contribution in [2.24, 2.45) is 0 Å². The molecule has 2 aromatic rings. The molecule has 0 spiro atoms. The highest BCUT2D eigenvalue weighted by atomic mass is 16.7. The van der Waals surface area contributed by atoms with Crippen LogP contribution in [0.25, 0.3) is 0 Å². The maximum Gasteiger partial charge on any atom is 0.435 e. The van der Waals surface area contributed by atoms with E-state index < -0.39 is 6.09 Å². The molecule has 0 heterocycles. The van der Waals surface area contributed by atoms with E-state index in [0.29, 0.717) is 5.69 Å². The average Bonchev–Trinajstić information content (AvgIpc) is 2.39. The van der Waals surface area contributed by atoms with Crippen LogP contribution in [0.3, 0.4) is 0 Å². The molecular formula is C13H12N2O2. The van der Waals surface area contributed by atoms with Crippen LogP contribution in [0.4, 0.5) is 16.2 Å². The van der Waals surface area contributed by atoms with E-state index in [1.165, 1.54) is 0 Å². The van der Waals surface area contributed by atoms with E-state index in [4.69, 9.17) is 4.84 Å². The van der Waals surface area contributed by atoms with Gasteiger partial charge >= 0.3 is 6.09 Å².